The standard InChI is InChI=1S/C12H16FNO2/c1-8(14-12(15)9(2)16-3)10-6-4-5-7-11(10)13/h4-9H,1-3H3,(H,14,15)/t8-,9+/m0/s1. The van der Waals surface area contributed by atoms with Gasteiger partial charge in [-0.25, -0.2) is 4.39 Å². The van der Waals surface area contributed by atoms with Crippen LogP contribution in [0.3, 0.4) is 0 Å². The number of ether oxygens (including phenoxy) is 1. The molecule has 0 saturated heterocycles. The fraction of sp³-hybridized carbons (Fsp3) is 0.417. The summed E-state index contributed by atoms with van der Waals surface area (Å²) in [5.74, 6) is -0.571. The van der Waals surface area contributed by atoms with E-state index in [-0.39, 0.29) is 17.8 Å². The maximum Gasteiger partial charge on any atom is 0.249 e. The smallest absolute Gasteiger partial charge is 0.249 e. The number of carbonyl (C=O) groups is 1. The first-order valence-electron chi connectivity index (χ1n) is 5.14. The number of halogens is 1. The van der Waals surface area contributed by atoms with Crippen molar-refractivity contribution in [2.75, 3.05) is 7.11 Å². The van der Waals surface area contributed by atoms with E-state index < -0.39 is 6.10 Å². The van der Waals surface area contributed by atoms with E-state index in [9.17, 15) is 9.18 Å². The predicted molar refractivity (Wildman–Crippen MR) is 59.4 cm³/mol. The Balaban J connectivity index is 2.69. The number of rotatable bonds is 4. The minimum atomic E-state index is -0.533. The van der Waals surface area contributed by atoms with Gasteiger partial charge in [-0.1, -0.05) is 18.2 Å². The number of nitrogens with one attached hydrogen (secondary N) is 1. The Kier molecular flexibility index (Phi) is 4.43. The molecule has 1 amide bonds. The summed E-state index contributed by atoms with van der Waals surface area (Å²) in [6.45, 7) is 3.38. The third kappa shape index (κ3) is 3.03. The van der Waals surface area contributed by atoms with Crippen molar-refractivity contribution >= 4 is 5.91 Å². The van der Waals surface area contributed by atoms with E-state index in [0.29, 0.717) is 5.56 Å². The quantitative estimate of drug-likeness (QED) is 0.851. The van der Waals surface area contributed by atoms with E-state index in [0.717, 1.165) is 0 Å². The number of carbonyl (C=O) groups excluding carboxylic acids is 1. The van der Waals surface area contributed by atoms with Crippen LogP contribution in [0, 0.1) is 5.82 Å². The lowest BCUT2D eigenvalue weighted by molar-refractivity contribution is -0.130. The highest BCUT2D eigenvalue weighted by Gasteiger charge is 2.17. The molecule has 0 bridgehead atoms. The van der Waals surface area contributed by atoms with Crippen LogP contribution >= 0.6 is 0 Å². The molecule has 0 aliphatic heterocycles. The first-order chi connectivity index (χ1) is 7.56. The molecule has 1 N–H and O–H groups in total. The summed E-state index contributed by atoms with van der Waals surface area (Å²) >= 11 is 0. The zero-order valence-electron chi connectivity index (χ0n) is 9.66. The van der Waals surface area contributed by atoms with Gasteiger partial charge in [0, 0.05) is 12.7 Å². The Morgan fingerprint density at radius 3 is 2.56 bits per heavy atom. The minimum Gasteiger partial charge on any atom is -0.372 e. The largest absolute Gasteiger partial charge is 0.372 e. The Hall–Kier alpha value is -1.42. The molecular weight excluding hydrogens is 209 g/mol. The average Bonchev–Trinajstić information content (AvgIpc) is 2.28. The van der Waals surface area contributed by atoms with E-state index in [4.69, 9.17) is 4.74 Å². The molecule has 0 unspecified atom stereocenters. The van der Waals surface area contributed by atoms with Crippen LogP contribution in [0.25, 0.3) is 0 Å². The van der Waals surface area contributed by atoms with Crippen LogP contribution in [0.5, 0.6) is 0 Å². The summed E-state index contributed by atoms with van der Waals surface area (Å²) < 4.78 is 18.3. The highest BCUT2D eigenvalue weighted by atomic mass is 19.1. The zero-order valence-corrected chi connectivity index (χ0v) is 9.66. The van der Waals surface area contributed by atoms with Crippen molar-refractivity contribution in [2.24, 2.45) is 0 Å². The number of hydrogen-bond donors (Lipinski definition) is 1. The molecular formula is C12H16FNO2. The van der Waals surface area contributed by atoms with Gasteiger partial charge in [-0.05, 0) is 19.9 Å². The van der Waals surface area contributed by atoms with Gasteiger partial charge in [-0.3, -0.25) is 4.79 Å². The molecule has 88 valence electrons. The second-order valence-electron chi connectivity index (χ2n) is 3.63. The molecule has 4 heteroatoms. The Labute approximate surface area is 94.6 Å². The van der Waals surface area contributed by atoms with E-state index in [1.807, 2.05) is 0 Å². The van der Waals surface area contributed by atoms with Crippen LogP contribution in [0.1, 0.15) is 25.5 Å². The van der Waals surface area contributed by atoms with Gasteiger partial charge >= 0.3 is 0 Å². The van der Waals surface area contributed by atoms with Gasteiger partial charge in [-0.2, -0.15) is 0 Å². The van der Waals surface area contributed by atoms with E-state index in [1.165, 1.54) is 13.2 Å². The normalized spacial score (nSPS) is 14.2. The van der Waals surface area contributed by atoms with Gasteiger partial charge in [-0.15, -0.1) is 0 Å². The first kappa shape index (κ1) is 12.6. The molecule has 16 heavy (non-hydrogen) atoms. The van der Waals surface area contributed by atoms with Crippen LogP contribution in [0.2, 0.25) is 0 Å². The molecule has 3 nitrogen and oxygen atoms in total. The van der Waals surface area contributed by atoms with E-state index in [2.05, 4.69) is 5.32 Å². The number of hydrogen-bond acceptors (Lipinski definition) is 2. The number of benzene rings is 1. The predicted octanol–water partition coefficient (Wildman–Crippen LogP) is 2.04. The summed E-state index contributed by atoms with van der Waals surface area (Å²) in [5.41, 5.74) is 0.471. The minimum absolute atomic E-state index is 0.252. The Morgan fingerprint density at radius 1 is 1.38 bits per heavy atom. The van der Waals surface area contributed by atoms with Gasteiger partial charge in [0.1, 0.15) is 11.9 Å². The molecule has 0 aliphatic carbocycles. The van der Waals surface area contributed by atoms with Crippen LogP contribution < -0.4 is 5.32 Å². The van der Waals surface area contributed by atoms with Crippen molar-refractivity contribution in [3.63, 3.8) is 0 Å². The van der Waals surface area contributed by atoms with Crippen molar-refractivity contribution in [1.29, 1.82) is 0 Å². The average molecular weight is 225 g/mol. The van der Waals surface area contributed by atoms with Crippen LogP contribution in [-0.4, -0.2) is 19.1 Å². The SMILES string of the molecule is CO[C@H](C)C(=O)N[C@@H](C)c1ccccc1F. The fourth-order valence-electron chi connectivity index (χ4n) is 1.34. The van der Waals surface area contributed by atoms with E-state index in [1.54, 1.807) is 32.0 Å². The second-order valence-corrected chi connectivity index (χ2v) is 3.63. The molecule has 0 spiro atoms. The molecule has 0 heterocycles. The van der Waals surface area contributed by atoms with Crippen molar-refractivity contribution in [2.45, 2.75) is 26.0 Å². The highest BCUT2D eigenvalue weighted by molar-refractivity contribution is 5.80. The maximum absolute atomic E-state index is 13.4. The van der Waals surface area contributed by atoms with Gasteiger partial charge in [0.15, 0.2) is 0 Å². The molecule has 0 aromatic heterocycles. The molecule has 0 fully saturated rings. The van der Waals surface area contributed by atoms with Crippen molar-refractivity contribution < 1.29 is 13.9 Å². The molecule has 1 aromatic carbocycles. The third-order valence-corrected chi connectivity index (χ3v) is 2.45. The van der Waals surface area contributed by atoms with E-state index >= 15 is 0 Å². The summed E-state index contributed by atoms with van der Waals surface area (Å²) in [4.78, 5) is 11.5. The lowest BCUT2D eigenvalue weighted by atomic mass is 10.1. The van der Waals surface area contributed by atoms with Crippen molar-refractivity contribution in [3.05, 3.63) is 35.6 Å². The summed E-state index contributed by atoms with van der Waals surface area (Å²) in [7, 11) is 1.46. The molecule has 2 atom stereocenters. The zero-order chi connectivity index (χ0) is 12.1. The number of amides is 1. The highest BCUT2D eigenvalue weighted by Crippen LogP contribution is 2.16. The van der Waals surface area contributed by atoms with Crippen LogP contribution in [-0.2, 0) is 9.53 Å². The maximum atomic E-state index is 13.4. The molecule has 1 rings (SSSR count). The van der Waals surface area contributed by atoms with Gasteiger partial charge in [0.2, 0.25) is 5.91 Å². The Morgan fingerprint density at radius 2 is 2.00 bits per heavy atom. The van der Waals surface area contributed by atoms with Gasteiger partial charge in [0.25, 0.3) is 0 Å². The lowest BCUT2D eigenvalue weighted by Crippen LogP contribution is -2.35. The second kappa shape index (κ2) is 5.61. The van der Waals surface area contributed by atoms with Gasteiger partial charge in [0.05, 0.1) is 6.04 Å². The van der Waals surface area contributed by atoms with Gasteiger partial charge < -0.3 is 10.1 Å². The van der Waals surface area contributed by atoms with Crippen LogP contribution in [0.4, 0.5) is 4.39 Å². The number of methoxy groups -OCH3 is 1. The molecule has 0 saturated carbocycles. The monoisotopic (exact) mass is 225 g/mol. The summed E-state index contributed by atoms with van der Waals surface area (Å²) in [6, 6.07) is 6.01. The van der Waals surface area contributed by atoms with Crippen LogP contribution in [0.15, 0.2) is 24.3 Å². The molecule has 1 aromatic rings. The summed E-state index contributed by atoms with van der Waals surface area (Å²) in [5, 5.41) is 2.68. The molecule has 0 radical (unpaired) electrons. The van der Waals surface area contributed by atoms with Crippen molar-refractivity contribution in [3.8, 4) is 0 Å². The first-order valence-corrected chi connectivity index (χ1v) is 5.14. The topological polar surface area (TPSA) is 38.3 Å². The summed E-state index contributed by atoms with van der Waals surface area (Å²) in [6.07, 6.45) is -0.533. The fourth-order valence-corrected chi connectivity index (χ4v) is 1.34. The Bertz CT molecular complexity index is 368. The third-order valence-electron chi connectivity index (χ3n) is 2.45. The van der Waals surface area contributed by atoms with Crippen molar-refractivity contribution in [1.82, 2.24) is 5.32 Å². The lowest BCUT2D eigenvalue weighted by Gasteiger charge is -2.17. The molecule has 0 aliphatic rings.